The molecule has 1 aliphatic rings. The van der Waals surface area contributed by atoms with E-state index in [1.807, 2.05) is 6.92 Å². The summed E-state index contributed by atoms with van der Waals surface area (Å²) in [5.41, 5.74) is 5.64. The van der Waals surface area contributed by atoms with E-state index in [-0.39, 0.29) is 18.0 Å². The molecule has 1 aliphatic heterocycles. The van der Waals surface area contributed by atoms with Crippen molar-refractivity contribution in [3.63, 3.8) is 0 Å². The molecule has 0 aromatic heterocycles. The van der Waals surface area contributed by atoms with Gasteiger partial charge in [-0.25, -0.2) is 0 Å². The smallest absolute Gasteiger partial charge is 0.323 e. The van der Waals surface area contributed by atoms with Crippen molar-refractivity contribution in [3.8, 4) is 0 Å². The largest absolute Gasteiger partial charge is 0.468 e. The number of nitrogens with two attached hydrogens (primary N) is 1. The standard InChI is InChI=1S/C8H15NO3/c1-5-3-6(4-12-5)7(9)8(10)11-2/h5-7H,3-4,9H2,1-2H3. The first-order valence-corrected chi connectivity index (χ1v) is 4.10. The monoisotopic (exact) mass is 173 g/mol. The Labute approximate surface area is 72.0 Å². The van der Waals surface area contributed by atoms with Crippen molar-refractivity contribution in [2.45, 2.75) is 25.5 Å². The molecule has 0 aliphatic carbocycles. The van der Waals surface area contributed by atoms with E-state index in [9.17, 15) is 4.79 Å². The van der Waals surface area contributed by atoms with E-state index < -0.39 is 6.04 Å². The lowest BCUT2D eigenvalue weighted by Crippen LogP contribution is -2.39. The second-order valence-corrected chi connectivity index (χ2v) is 3.19. The molecular weight excluding hydrogens is 158 g/mol. The summed E-state index contributed by atoms with van der Waals surface area (Å²) >= 11 is 0. The summed E-state index contributed by atoms with van der Waals surface area (Å²) in [4.78, 5) is 11.0. The van der Waals surface area contributed by atoms with Gasteiger partial charge in [0, 0.05) is 5.92 Å². The lowest BCUT2D eigenvalue weighted by Gasteiger charge is -2.14. The van der Waals surface area contributed by atoms with Crippen LogP contribution in [0.2, 0.25) is 0 Å². The van der Waals surface area contributed by atoms with Gasteiger partial charge in [0.15, 0.2) is 0 Å². The van der Waals surface area contributed by atoms with Gasteiger partial charge in [0.1, 0.15) is 6.04 Å². The first kappa shape index (κ1) is 9.48. The lowest BCUT2D eigenvalue weighted by atomic mass is 9.98. The van der Waals surface area contributed by atoms with Gasteiger partial charge in [-0.2, -0.15) is 0 Å². The summed E-state index contributed by atoms with van der Waals surface area (Å²) in [6.07, 6.45) is 1.06. The second-order valence-electron chi connectivity index (χ2n) is 3.19. The van der Waals surface area contributed by atoms with Crippen molar-refractivity contribution in [1.82, 2.24) is 0 Å². The Bertz CT molecular complexity index is 172. The maximum absolute atomic E-state index is 11.0. The van der Waals surface area contributed by atoms with E-state index in [2.05, 4.69) is 4.74 Å². The number of carbonyl (C=O) groups is 1. The van der Waals surface area contributed by atoms with Crippen LogP contribution in [0.3, 0.4) is 0 Å². The van der Waals surface area contributed by atoms with Crippen LogP contribution in [0.4, 0.5) is 0 Å². The third-order valence-electron chi connectivity index (χ3n) is 2.21. The minimum Gasteiger partial charge on any atom is -0.468 e. The third-order valence-corrected chi connectivity index (χ3v) is 2.21. The summed E-state index contributed by atoms with van der Waals surface area (Å²) in [7, 11) is 1.35. The van der Waals surface area contributed by atoms with Crippen LogP contribution in [-0.4, -0.2) is 31.8 Å². The number of carbonyl (C=O) groups excluding carboxylic acids is 1. The molecule has 1 saturated heterocycles. The Kier molecular flexibility index (Phi) is 3.05. The number of hydrogen-bond donors (Lipinski definition) is 1. The van der Waals surface area contributed by atoms with Crippen LogP contribution in [0.5, 0.6) is 0 Å². The number of rotatable bonds is 2. The van der Waals surface area contributed by atoms with Crippen molar-refractivity contribution in [1.29, 1.82) is 0 Å². The summed E-state index contributed by atoms with van der Waals surface area (Å²) < 4.78 is 9.83. The fourth-order valence-corrected chi connectivity index (χ4v) is 1.43. The van der Waals surface area contributed by atoms with E-state index in [1.165, 1.54) is 7.11 Å². The fraction of sp³-hybridized carbons (Fsp3) is 0.875. The molecule has 1 rings (SSSR count). The summed E-state index contributed by atoms with van der Waals surface area (Å²) in [5.74, 6) is -0.231. The van der Waals surface area contributed by atoms with E-state index >= 15 is 0 Å². The first-order chi connectivity index (χ1) is 5.65. The highest BCUT2D eigenvalue weighted by Gasteiger charge is 2.31. The van der Waals surface area contributed by atoms with Gasteiger partial charge in [0.2, 0.25) is 0 Å². The molecule has 0 aromatic rings. The van der Waals surface area contributed by atoms with Crippen molar-refractivity contribution in [2.24, 2.45) is 11.7 Å². The van der Waals surface area contributed by atoms with E-state index in [0.29, 0.717) is 6.61 Å². The van der Waals surface area contributed by atoms with Crippen LogP contribution in [0.25, 0.3) is 0 Å². The van der Waals surface area contributed by atoms with Gasteiger partial charge in [-0.3, -0.25) is 4.79 Å². The topological polar surface area (TPSA) is 61.5 Å². The van der Waals surface area contributed by atoms with Crippen molar-refractivity contribution >= 4 is 5.97 Å². The molecule has 0 spiro atoms. The van der Waals surface area contributed by atoms with Crippen LogP contribution in [0, 0.1) is 5.92 Å². The van der Waals surface area contributed by atoms with Crippen LogP contribution >= 0.6 is 0 Å². The van der Waals surface area contributed by atoms with Crippen molar-refractivity contribution in [3.05, 3.63) is 0 Å². The molecular formula is C8H15NO3. The molecule has 2 N–H and O–H groups in total. The second kappa shape index (κ2) is 3.87. The molecule has 0 aromatic carbocycles. The van der Waals surface area contributed by atoms with Gasteiger partial charge in [0.25, 0.3) is 0 Å². The van der Waals surface area contributed by atoms with Crippen molar-refractivity contribution in [2.75, 3.05) is 13.7 Å². The maximum atomic E-state index is 11.0. The number of esters is 1. The zero-order valence-electron chi connectivity index (χ0n) is 7.45. The Hall–Kier alpha value is -0.610. The van der Waals surface area contributed by atoms with Crippen LogP contribution in [0.1, 0.15) is 13.3 Å². The number of methoxy groups -OCH3 is 1. The molecule has 3 unspecified atom stereocenters. The molecule has 0 bridgehead atoms. The van der Waals surface area contributed by atoms with E-state index in [0.717, 1.165) is 6.42 Å². The Balaban J connectivity index is 2.42. The van der Waals surface area contributed by atoms with Gasteiger partial charge < -0.3 is 15.2 Å². The minimum atomic E-state index is -0.528. The molecule has 1 heterocycles. The summed E-state index contributed by atoms with van der Waals surface area (Å²) in [6, 6.07) is -0.528. The van der Waals surface area contributed by atoms with E-state index in [1.54, 1.807) is 0 Å². The quantitative estimate of drug-likeness (QED) is 0.593. The van der Waals surface area contributed by atoms with Crippen LogP contribution in [-0.2, 0) is 14.3 Å². The van der Waals surface area contributed by atoms with E-state index in [4.69, 9.17) is 10.5 Å². The highest BCUT2D eigenvalue weighted by atomic mass is 16.5. The average molecular weight is 173 g/mol. The van der Waals surface area contributed by atoms with Gasteiger partial charge >= 0.3 is 5.97 Å². The fourth-order valence-electron chi connectivity index (χ4n) is 1.43. The SMILES string of the molecule is COC(=O)C(N)C1COC(C)C1. The molecule has 4 heteroatoms. The van der Waals surface area contributed by atoms with Gasteiger partial charge in [0.05, 0.1) is 19.8 Å². The highest BCUT2D eigenvalue weighted by Crippen LogP contribution is 2.21. The molecule has 12 heavy (non-hydrogen) atoms. The molecule has 3 atom stereocenters. The normalized spacial score (nSPS) is 31.6. The van der Waals surface area contributed by atoms with Gasteiger partial charge in [-0.15, -0.1) is 0 Å². The molecule has 4 nitrogen and oxygen atoms in total. The number of hydrogen-bond acceptors (Lipinski definition) is 4. The average Bonchev–Trinajstić information content (AvgIpc) is 2.49. The summed E-state index contributed by atoms with van der Waals surface area (Å²) in [5, 5.41) is 0. The Morgan fingerprint density at radius 1 is 1.75 bits per heavy atom. The Morgan fingerprint density at radius 2 is 2.42 bits per heavy atom. The predicted octanol–water partition coefficient (Wildman–Crippen LogP) is -0.0883. The maximum Gasteiger partial charge on any atom is 0.323 e. The molecule has 70 valence electrons. The lowest BCUT2D eigenvalue weighted by molar-refractivity contribution is -0.143. The zero-order valence-corrected chi connectivity index (χ0v) is 7.45. The number of ether oxygens (including phenoxy) is 2. The predicted molar refractivity (Wildman–Crippen MR) is 43.5 cm³/mol. The van der Waals surface area contributed by atoms with Crippen molar-refractivity contribution < 1.29 is 14.3 Å². The van der Waals surface area contributed by atoms with Gasteiger partial charge in [-0.1, -0.05) is 0 Å². The third kappa shape index (κ3) is 1.95. The highest BCUT2D eigenvalue weighted by molar-refractivity contribution is 5.75. The molecule has 1 fully saturated rings. The van der Waals surface area contributed by atoms with Gasteiger partial charge in [-0.05, 0) is 13.3 Å². The summed E-state index contributed by atoms with van der Waals surface area (Å²) in [6.45, 7) is 2.54. The Morgan fingerprint density at radius 3 is 2.83 bits per heavy atom. The van der Waals surface area contributed by atoms with Crippen LogP contribution < -0.4 is 5.73 Å². The first-order valence-electron chi connectivity index (χ1n) is 4.10. The minimum absolute atomic E-state index is 0.118. The molecule has 0 amide bonds. The molecule has 0 radical (unpaired) electrons. The van der Waals surface area contributed by atoms with Crippen LogP contribution in [0.15, 0.2) is 0 Å². The zero-order chi connectivity index (χ0) is 9.14. The molecule has 0 saturated carbocycles.